The average molecular weight is 263 g/mol. The van der Waals surface area contributed by atoms with Crippen molar-refractivity contribution < 1.29 is 9.59 Å². The van der Waals surface area contributed by atoms with Crippen molar-refractivity contribution in [2.45, 2.75) is 32.9 Å². The Hall–Kier alpha value is -1.88. The SMILES string of the molecule is CC(C)NC(=O)CNC(=O)Cc1ccc(CN)cc1. The molecule has 0 heterocycles. The molecule has 2 amide bonds. The molecular weight excluding hydrogens is 242 g/mol. The number of rotatable bonds is 6. The molecule has 0 aliphatic heterocycles. The lowest BCUT2D eigenvalue weighted by Gasteiger charge is -2.09. The number of nitrogens with one attached hydrogen (secondary N) is 2. The maximum Gasteiger partial charge on any atom is 0.239 e. The third-order valence-corrected chi connectivity index (χ3v) is 2.52. The van der Waals surface area contributed by atoms with Gasteiger partial charge in [0.2, 0.25) is 11.8 Å². The van der Waals surface area contributed by atoms with Crippen molar-refractivity contribution in [2.24, 2.45) is 5.73 Å². The second-order valence-electron chi connectivity index (χ2n) is 4.70. The van der Waals surface area contributed by atoms with E-state index in [-0.39, 0.29) is 30.8 Å². The maximum atomic E-state index is 11.6. The van der Waals surface area contributed by atoms with Crippen LogP contribution < -0.4 is 16.4 Å². The van der Waals surface area contributed by atoms with Crippen LogP contribution in [0.5, 0.6) is 0 Å². The highest BCUT2D eigenvalue weighted by Crippen LogP contribution is 2.04. The highest BCUT2D eigenvalue weighted by atomic mass is 16.2. The molecule has 19 heavy (non-hydrogen) atoms. The number of benzene rings is 1. The van der Waals surface area contributed by atoms with Gasteiger partial charge in [0.25, 0.3) is 0 Å². The molecule has 0 saturated heterocycles. The Balaban J connectivity index is 2.36. The van der Waals surface area contributed by atoms with Crippen LogP contribution in [0.3, 0.4) is 0 Å². The Morgan fingerprint density at radius 2 is 1.68 bits per heavy atom. The van der Waals surface area contributed by atoms with Gasteiger partial charge in [-0.2, -0.15) is 0 Å². The van der Waals surface area contributed by atoms with E-state index in [0.29, 0.717) is 6.54 Å². The molecule has 0 saturated carbocycles. The Morgan fingerprint density at radius 3 is 2.21 bits per heavy atom. The average Bonchev–Trinajstić information content (AvgIpc) is 2.36. The van der Waals surface area contributed by atoms with Crippen molar-refractivity contribution in [3.63, 3.8) is 0 Å². The third-order valence-electron chi connectivity index (χ3n) is 2.52. The first-order valence-electron chi connectivity index (χ1n) is 6.35. The molecule has 1 rings (SSSR count). The zero-order chi connectivity index (χ0) is 14.3. The Bertz CT molecular complexity index is 427. The molecule has 0 unspecified atom stereocenters. The van der Waals surface area contributed by atoms with E-state index in [9.17, 15) is 9.59 Å². The van der Waals surface area contributed by atoms with Gasteiger partial charge in [0.15, 0.2) is 0 Å². The van der Waals surface area contributed by atoms with E-state index in [1.807, 2.05) is 38.1 Å². The Labute approximate surface area is 113 Å². The van der Waals surface area contributed by atoms with Gasteiger partial charge in [0, 0.05) is 12.6 Å². The summed E-state index contributed by atoms with van der Waals surface area (Å²) in [6.07, 6.45) is 0.264. The van der Waals surface area contributed by atoms with E-state index in [0.717, 1.165) is 11.1 Å². The van der Waals surface area contributed by atoms with Gasteiger partial charge in [-0.15, -0.1) is 0 Å². The lowest BCUT2D eigenvalue weighted by Crippen LogP contribution is -2.40. The number of hydrogen-bond acceptors (Lipinski definition) is 3. The van der Waals surface area contributed by atoms with E-state index < -0.39 is 0 Å². The van der Waals surface area contributed by atoms with Crippen LogP contribution in [0.1, 0.15) is 25.0 Å². The molecular formula is C14H21N3O2. The second-order valence-corrected chi connectivity index (χ2v) is 4.70. The molecule has 1 aromatic rings. The van der Waals surface area contributed by atoms with Crippen LogP contribution in [0, 0.1) is 0 Å². The van der Waals surface area contributed by atoms with Crippen molar-refractivity contribution in [1.82, 2.24) is 10.6 Å². The summed E-state index contributed by atoms with van der Waals surface area (Å²) in [6, 6.07) is 7.61. The van der Waals surface area contributed by atoms with E-state index >= 15 is 0 Å². The van der Waals surface area contributed by atoms with Crippen molar-refractivity contribution >= 4 is 11.8 Å². The fourth-order valence-corrected chi connectivity index (χ4v) is 1.59. The summed E-state index contributed by atoms with van der Waals surface area (Å²) in [5.74, 6) is -0.346. The zero-order valence-corrected chi connectivity index (χ0v) is 11.4. The number of carbonyl (C=O) groups is 2. The van der Waals surface area contributed by atoms with Gasteiger partial charge in [-0.1, -0.05) is 24.3 Å². The second kappa shape index (κ2) is 7.53. The van der Waals surface area contributed by atoms with E-state index in [2.05, 4.69) is 10.6 Å². The number of nitrogens with two attached hydrogens (primary N) is 1. The monoisotopic (exact) mass is 263 g/mol. The molecule has 0 atom stereocenters. The molecule has 0 aliphatic rings. The molecule has 4 N–H and O–H groups in total. The van der Waals surface area contributed by atoms with Crippen LogP contribution in [0.4, 0.5) is 0 Å². The molecule has 104 valence electrons. The minimum absolute atomic E-state index is 0.0118. The van der Waals surface area contributed by atoms with Crippen molar-refractivity contribution in [1.29, 1.82) is 0 Å². The van der Waals surface area contributed by atoms with Gasteiger partial charge in [-0.25, -0.2) is 0 Å². The molecule has 0 aromatic heterocycles. The summed E-state index contributed by atoms with van der Waals surface area (Å²) < 4.78 is 0. The minimum Gasteiger partial charge on any atom is -0.352 e. The summed E-state index contributed by atoms with van der Waals surface area (Å²) >= 11 is 0. The molecule has 0 fully saturated rings. The molecule has 0 aliphatic carbocycles. The Kier molecular flexibility index (Phi) is 6.02. The van der Waals surface area contributed by atoms with Gasteiger partial charge < -0.3 is 16.4 Å². The summed E-state index contributed by atoms with van der Waals surface area (Å²) in [6.45, 7) is 4.25. The van der Waals surface area contributed by atoms with Crippen molar-refractivity contribution in [3.8, 4) is 0 Å². The van der Waals surface area contributed by atoms with Crippen molar-refractivity contribution in [2.75, 3.05) is 6.54 Å². The lowest BCUT2D eigenvalue weighted by atomic mass is 10.1. The van der Waals surface area contributed by atoms with Crippen LogP contribution in [-0.2, 0) is 22.6 Å². The topological polar surface area (TPSA) is 84.2 Å². The van der Waals surface area contributed by atoms with Gasteiger partial charge in [0.05, 0.1) is 13.0 Å². The molecule has 0 bridgehead atoms. The van der Waals surface area contributed by atoms with Gasteiger partial charge in [-0.3, -0.25) is 9.59 Å². The standard InChI is InChI=1S/C14H21N3O2/c1-10(2)17-14(19)9-16-13(18)7-11-3-5-12(8-15)6-4-11/h3-6,10H,7-9,15H2,1-2H3,(H,16,18)(H,17,19). The number of amides is 2. The first-order valence-corrected chi connectivity index (χ1v) is 6.35. The van der Waals surface area contributed by atoms with Gasteiger partial charge >= 0.3 is 0 Å². The molecule has 0 radical (unpaired) electrons. The number of hydrogen-bond donors (Lipinski definition) is 3. The molecule has 0 spiro atoms. The van der Waals surface area contributed by atoms with Crippen LogP contribution >= 0.6 is 0 Å². The number of carbonyl (C=O) groups excluding carboxylic acids is 2. The lowest BCUT2D eigenvalue weighted by molar-refractivity contribution is -0.126. The smallest absolute Gasteiger partial charge is 0.239 e. The Morgan fingerprint density at radius 1 is 1.11 bits per heavy atom. The van der Waals surface area contributed by atoms with Gasteiger partial charge in [0.1, 0.15) is 0 Å². The van der Waals surface area contributed by atoms with E-state index in [1.54, 1.807) is 0 Å². The fourth-order valence-electron chi connectivity index (χ4n) is 1.59. The van der Waals surface area contributed by atoms with E-state index in [4.69, 9.17) is 5.73 Å². The largest absolute Gasteiger partial charge is 0.352 e. The summed E-state index contributed by atoms with van der Waals surface area (Å²) in [5, 5.41) is 5.30. The minimum atomic E-state index is -0.179. The maximum absolute atomic E-state index is 11.6. The normalized spacial score (nSPS) is 10.3. The quantitative estimate of drug-likeness (QED) is 0.691. The fraction of sp³-hybridized carbons (Fsp3) is 0.429. The molecule has 5 nitrogen and oxygen atoms in total. The van der Waals surface area contributed by atoms with E-state index in [1.165, 1.54) is 0 Å². The third kappa shape index (κ3) is 6.01. The first kappa shape index (κ1) is 15.2. The predicted molar refractivity (Wildman–Crippen MR) is 74.3 cm³/mol. The predicted octanol–water partition coefficient (Wildman–Crippen LogP) is 0.329. The summed E-state index contributed by atoms with van der Waals surface area (Å²) in [5.41, 5.74) is 7.43. The zero-order valence-electron chi connectivity index (χ0n) is 11.4. The van der Waals surface area contributed by atoms with Gasteiger partial charge in [-0.05, 0) is 25.0 Å². The van der Waals surface area contributed by atoms with Crippen molar-refractivity contribution in [3.05, 3.63) is 35.4 Å². The van der Waals surface area contributed by atoms with Crippen LogP contribution in [0.2, 0.25) is 0 Å². The highest BCUT2D eigenvalue weighted by Gasteiger charge is 2.07. The summed E-state index contributed by atoms with van der Waals surface area (Å²) in [7, 11) is 0. The highest BCUT2D eigenvalue weighted by molar-refractivity contribution is 5.85. The summed E-state index contributed by atoms with van der Waals surface area (Å²) in [4.78, 5) is 23.0. The first-order chi connectivity index (χ1) is 9.01. The van der Waals surface area contributed by atoms with Crippen LogP contribution in [0.15, 0.2) is 24.3 Å². The molecule has 1 aromatic carbocycles. The van der Waals surface area contributed by atoms with Crippen LogP contribution in [-0.4, -0.2) is 24.4 Å². The molecule has 5 heteroatoms. The van der Waals surface area contributed by atoms with Crippen LogP contribution in [0.25, 0.3) is 0 Å².